The molecule has 11 heteroatoms. The normalized spacial score (nSPS) is 12.2. The van der Waals surface area contributed by atoms with Crippen molar-refractivity contribution in [2.75, 3.05) is 6.26 Å². The molecule has 0 aliphatic carbocycles. The van der Waals surface area contributed by atoms with Crippen molar-refractivity contribution in [2.24, 2.45) is 0 Å². The van der Waals surface area contributed by atoms with Crippen LogP contribution in [0.3, 0.4) is 0 Å². The van der Waals surface area contributed by atoms with Gasteiger partial charge in [-0.2, -0.15) is 15.0 Å². The van der Waals surface area contributed by atoms with Gasteiger partial charge in [-0.3, -0.25) is 4.79 Å². The first-order valence-corrected chi connectivity index (χ1v) is 10.5. The maximum Gasteiger partial charge on any atom is 0.251 e. The third kappa shape index (κ3) is 4.59. The predicted octanol–water partition coefficient (Wildman–Crippen LogP) is 2.08. The minimum Gasteiger partial charge on any atom is -0.342 e. The van der Waals surface area contributed by atoms with Crippen LogP contribution in [0, 0.1) is 11.3 Å². The van der Waals surface area contributed by atoms with Crippen LogP contribution in [0.1, 0.15) is 34.7 Å². The molecule has 0 fully saturated rings. The number of rotatable bonds is 5. The van der Waals surface area contributed by atoms with Crippen molar-refractivity contribution < 1.29 is 13.2 Å². The van der Waals surface area contributed by atoms with Crippen LogP contribution in [-0.2, 0) is 9.84 Å². The molecule has 0 bridgehead atoms. The van der Waals surface area contributed by atoms with Gasteiger partial charge in [0.15, 0.2) is 21.5 Å². The summed E-state index contributed by atoms with van der Waals surface area (Å²) in [6, 6.07) is 8.44. The number of nitrogens with zero attached hydrogens (tertiary/aromatic N) is 5. The second-order valence-electron chi connectivity index (χ2n) is 6.19. The molecule has 3 aromatic rings. The zero-order chi connectivity index (χ0) is 21.2. The van der Waals surface area contributed by atoms with Gasteiger partial charge in [0.2, 0.25) is 0 Å². The highest BCUT2D eigenvalue weighted by Gasteiger charge is 2.20. The van der Waals surface area contributed by atoms with E-state index in [1.807, 2.05) is 6.07 Å². The first-order valence-electron chi connectivity index (χ1n) is 8.27. The Kier molecular flexibility index (Phi) is 5.63. The summed E-state index contributed by atoms with van der Waals surface area (Å²) in [6.07, 6.45) is 3.81. The van der Waals surface area contributed by atoms with Crippen molar-refractivity contribution >= 4 is 27.3 Å². The van der Waals surface area contributed by atoms with Crippen molar-refractivity contribution in [2.45, 2.75) is 17.9 Å². The van der Waals surface area contributed by atoms with Crippen LogP contribution in [0.15, 0.2) is 47.8 Å². The highest BCUT2D eigenvalue weighted by molar-refractivity contribution is 7.90. The lowest BCUT2D eigenvalue weighted by Gasteiger charge is -2.15. The number of benzene rings is 1. The fourth-order valence-corrected chi connectivity index (χ4v) is 3.56. The van der Waals surface area contributed by atoms with Gasteiger partial charge in [0.1, 0.15) is 6.33 Å². The van der Waals surface area contributed by atoms with Gasteiger partial charge >= 0.3 is 0 Å². The van der Waals surface area contributed by atoms with E-state index in [-0.39, 0.29) is 15.5 Å². The summed E-state index contributed by atoms with van der Waals surface area (Å²) in [5, 5.41) is 16.0. The van der Waals surface area contributed by atoms with Crippen molar-refractivity contribution in [3.63, 3.8) is 0 Å². The van der Waals surface area contributed by atoms with Crippen LogP contribution in [0.2, 0.25) is 5.02 Å². The summed E-state index contributed by atoms with van der Waals surface area (Å²) in [7, 11) is -3.53. The summed E-state index contributed by atoms with van der Waals surface area (Å²) in [4.78, 5) is 20.9. The zero-order valence-electron chi connectivity index (χ0n) is 15.4. The molecule has 1 aromatic carbocycles. The fraction of sp³-hybridized carbons (Fsp3) is 0.167. The Labute approximate surface area is 171 Å². The Morgan fingerprint density at radius 2 is 2.03 bits per heavy atom. The molecule has 0 spiro atoms. The summed E-state index contributed by atoms with van der Waals surface area (Å²) >= 11 is 5.96. The molecule has 3 rings (SSSR count). The maximum atomic E-state index is 12.6. The summed E-state index contributed by atoms with van der Waals surface area (Å²) in [5.41, 5.74) is 0.501. The molecule has 29 heavy (non-hydrogen) atoms. The van der Waals surface area contributed by atoms with E-state index < -0.39 is 21.8 Å². The predicted molar refractivity (Wildman–Crippen MR) is 104 cm³/mol. The van der Waals surface area contributed by atoms with E-state index >= 15 is 0 Å². The minimum atomic E-state index is -3.53. The van der Waals surface area contributed by atoms with Gasteiger partial charge in [-0.15, -0.1) is 0 Å². The van der Waals surface area contributed by atoms with Crippen LogP contribution in [0.5, 0.6) is 0 Å². The van der Waals surface area contributed by atoms with Crippen molar-refractivity contribution in [1.82, 2.24) is 25.1 Å². The number of nitriles is 1. The van der Waals surface area contributed by atoms with Crippen LogP contribution >= 0.6 is 11.6 Å². The minimum absolute atomic E-state index is 0.0523. The second kappa shape index (κ2) is 7.98. The molecule has 148 valence electrons. The molecule has 0 aliphatic heterocycles. The number of nitrogens with one attached hydrogen (secondary N) is 1. The number of carbonyl (C=O) groups excluding carboxylic acids is 1. The van der Waals surface area contributed by atoms with Crippen molar-refractivity contribution in [1.29, 1.82) is 5.26 Å². The first kappa shape index (κ1) is 20.4. The average Bonchev–Trinajstić information content (AvgIpc) is 3.17. The number of amides is 1. The molecule has 0 radical (unpaired) electrons. The Hall–Kier alpha value is -3.29. The highest BCUT2D eigenvalue weighted by atomic mass is 35.5. The summed E-state index contributed by atoms with van der Waals surface area (Å²) < 4.78 is 25.0. The highest BCUT2D eigenvalue weighted by Crippen LogP contribution is 2.20. The van der Waals surface area contributed by atoms with Crippen LogP contribution < -0.4 is 5.32 Å². The number of pyridine rings is 1. The largest absolute Gasteiger partial charge is 0.342 e. The lowest BCUT2D eigenvalue weighted by molar-refractivity contribution is 0.0937. The number of halogens is 1. The van der Waals surface area contributed by atoms with Crippen molar-refractivity contribution in [3.05, 3.63) is 64.8 Å². The Balaban J connectivity index is 1.88. The number of carbonyl (C=O) groups is 1. The van der Waals surface area contributed by atoms with Gasteiger partial charge in [-0.05, 0) is 31.2 Å². The van der Waals surface area contributed by atoms with Crippen LogP contribution in [0.25, 0.3) is 5.82 Å². The number of aromatic nitrogens is 4. The van der Waals surface area contributed by atoms with Crippen LogP contribution in [0.4, 0.5) is 0 Å². The molecule has 2 aromatic heterocycles. The fourth-order valence-electron chi connectivity index (χ4n) is 2.58. The molecular weight excluding hydrogens is 416 g/mol. The second-order valence-corrected chi connectivity index (χ2v) is 8.64. The van der Waals surface area contributed by atoms with Gasteiger partial charge in [0.05, 0.1) is 22.6 Å². The number of sulfone groups is 1. The Bertz CT molecular complexity index is 1230. The van der Waals surface area contributed by atoms with Gasteiger partial charge in [-0.1, -0.05) is 11.6 Å². The quantitative estimate of drug-likeness (QED) is 0.655. The SMILES string of the molecule is C[C@@H](NC(=O)c1cc(Cl)cc(S(C)(=O)=O)c1)c1ncnn1-c1cc(C#N)ccn1. The van der Waals surface area contributed by atoms with Gasteiger partial charge in [-0.25, -0.2) is 18.4 Å². The molecule has 0 aliphatic rings. The molecule has 0 unspecified atom stereocenters. The number of hydrogen-bond acceptors (Lipinski definition) is 7. The monoisotopic (exact) mass is 430 g/mol. The summed E-state index contributed by atoms with van der Waals surface area (Å²) in [5.74, 6) is 0.226. The van der Waals surface area contributed by atoms with Gasteiger partial charge < -0.3 is 5.32 Å². The molecular formula is C18H15ClN6O3S. The molecule has 9 nitrogen and oxygen atoms in total. The molecule has 1 N–H and O–H groups in total. The smallest absolute Gasteiger partial charge is 0.251 e. The van der Waals surface area contributed by atoms with E-state index in [0.29, 0.717) is 17.2 Å². The maximum absolute atomic E-state index is 12.6. The molecule has 1 atom stereocenters. The van der Waals surface area contributed by atoms with E-state index in [2.05, 4.69) is 20.4 Å². The summed E-state index contributed by atoms with van der Waals surface area (Å²) in [6.45, 7) is 1.69. The lowest BCUT2D eigenvalue weighted by Crippen LogP contribution is -2.29. The zero-order valence-corrected chi connectivity index (χ0v) is 16.9. The number of hydrogen-bond donors (Lipinski definition) is 1. The van der Waals surface area contributed by atoms with Gasteiger partial charge in [0, 0.05) is 29.1 Å². The van der Waals surface area contributed by atoms with Crippen molar-refractivity contribution in [3.8, 4) is 11.9 Å². The third-order valence-electron chi connectivity index (χ3n) is 3.96. The molecule has 1 amide bonds. The van der Waals surface area contributed by atoms with E-state index in [0.717, 1.165) is 6.26 Å². The van der Waals surface area contributed by atoms with Crippen LogP contribution in [-0.4, -0.2) is 40.3 Å². The third-order valence-corrected chi connectivity index (χ3v) is 5.27. The Morgan fingerprint density at radius 3 is 2.72 bits per heavy atom. The molecule has 0 saturated heterocycles. The average molecular weight is 431 g/mol. The van der Waals surface area contributed by atoms with E-state index in [9.17, 15) is 13.2 Å². The van der Waals surface area contributed by atoms with E-state index in [1.54, 1.807) is 19.1 Å². The lowest BCUT2D eigenvalue weighted by atomic mass is 10.2. The van der Waals surface area contributed by atoms with Gasteiger partial charge in [0.25, 0.3) is 5.91 Å². The topological polar surface area (TPSA) is 131 Å². The standard InChI is InChI=1S/C18H15ClN6O3S/c1-11(17-22-10-23-25(17)16-5-12(9-20)3-4-21-16)24-18(26)13-6-14(19)8-15(7-13)29(2,27)28/h3-8,10-11H,1-2H3,(H,24,26)/t11-/m1/s1. The molecule has 0 saturated carbocycles. The van der Waals surface area contributed by atoms with E-state index in [1.165, 1.54) is 35.4 Å². The Morgan fingerprint density at radius 1 is 1.28 bits per heavy atom. The first-order chi connectivity index (χ1) is 13.7. The van der Waals surface area contributed by atoms with E-state index in [4.69, 9.17) is 16.9 Å². The molecule has 2 heterocycles.